The minimum Gasteiger partial charge on any atom is -0.357 e. The van der Waals surface area contributed by atoms with Crippen LogP contribution in [0.4, 0.5) is 11.6 Å². The van der Waals surface area contributed by atoms with E-state index in [4.69, 9.17) is 4.98 Å². The number of aromatic nitrogens is 1. The van der Waals surface area contributed by atoms with E-state index in [0.717, 1.165) is 37.6 Å². The normalized spacial score (nSPS) is 20.5. The van der Waals surface area contributed by atoms with Gasteiger partial charge in [0.1, 0.15) is 11.6 Å². The predicted molar refractivity (Wildman–Crippen MR) is 86.1 cm³/mol. The second kappa shape index (κ2) is 5.66. The Morgan fingerprint density at radius 1 is 1.19 bits per heavy atom. The second-order valence-electron chi connectivity index (χ2n) is 6.19. The number of nitrogens with one attached hydrogen (secondary N) is 1. The highest BCUT2D eigenvalue weighted by molar-refractivity contribution is 5.94. The fourth-order valence-electron chi connectivity index (χ4n) is 3.80. The maximum atomic E-state index is 11.9. The highest BCUT2D eigenvalue weighted by atomic mass is 16.1. The summed E-state index contributed by atoms with van der Waals surface area (Å²) in [6, 6.07) is 0. The largest absolute Gasteiger partial charge is 0.357 e. The Bertz CT molecular complexity index is 564. The zero-order valence-electron chi connectivity index (χ0n) is 13.3. The Labute approximate surface area is 126 Å². The molecule has 1 N–H and O–H groups in total. The van der Waals surface area contributed by atoms with Crippen LogP contribution in [-0.2, 0) is 17.6 Å². The lowest BCUT2D eigenvalue weighted by Gasteiger charge is -2.33. The van der Waals surface area contributed by atoms with Crippen molar-refractivity contribution in [1.82, 2.24) is 4.98 Å². The van der Waals surface area contributed by atoms with Crippen molar-refractivity contribution in [3.8, 4) is 0 Å². The number of fused-ring (bicyclic) bond motifs is 3. The molecule has 114 valence electrons. The summed E-state index contributed by atoms with van der Waals surface area (Å²) in [6.45, 7) is 8.41. The summed E-state index contributed by atoms with van der Waals surface area (Å²) in [4.78, 5) is 19.0. The van der Waals surface area contributed by atoms with E-state index in [9.17, 15) is 4.79 Å². The van der Waals surface area contributed by atoms with Gasteiger partial charge in [0, 0.05) is 25.1 Å². The van der Waals surface area contributed by atoms with Gasteiger partial charge in [-0.2, -0.15) is 0 Å². The van der Waals surface area contributed by atoms with Gasteiger partial charge in [0.15, 0.2) is 0 Å². The third kappa shape index (κ3) is 2.41. The van der Waals surface area contributed by atoms with Crippen molar-refractivity contribution >= 4 is 17.5 Å². The first-order valence-electron chi connectivity index (χ1n) is 8.26. The van der Waals surface area contributed by atoms with Crippen LogP contribution in [-0.4, -0.2) is 24.0 Å². The molecule has 1 amide bonds. The van der Waals surface area contributed by atoms with Crippen LogP contribution >= 0.6 is 0 Å². The maximum Gasteiger partial charge on any atom is 0.226 e. The molecule has 0 fully saturated rings. The quantitative estimate of drug-likeness (QED) is 0.928. The van der Waals surface area contributed by atoms with Crippen LogP contribution in [0.2, 0.25) is 0 Å². The summed E-state index contributed by atoms with van der Waals surface area (Å²) in [6.07, 6.45) is 5.35. The van der Waals surface area contributed by atoms with E-state index in [1.807, 2.05) is 0 Å². The molecule has 4 heteroatoms. The van der Waals surface area contributed by atoms with Crippen molar-refractivity contribution in [3.63, 3.8) is 0 Å². The first-order chi connectivity index (χ1) is 10.2. The van der Waals surface area contributed by atoms with Gasteiger partial charge in [-0.05, 0) is 56.6 Å². The summed E-state index contributed by atoms with van der Waals surface area (Å²) < 4.78 is 0. The number of carbonyl (C=O) groups is 1. The van der Waals surface area contributed by atoms with Crippen LogP contribution in [0.15, 0.2) is 0 Å². The third-order valence-corrected chi connectivity index (χ3v) is 4.84. The summed E-state index contributed by atoms with van der Waals surface area (Å²) in [7, 11) is 0. The maximum absolute atomic E-state index is 11.9. The van der Waals surface area contributed by atoms with Gasteiger partial charge >= 0.3 is 0 Å². The molecule has 1 aromatic rings. The van der Waals surface area contributed by atoms with Crippen LogP contribution in [0.1, 0.15) is 62.6 Å². The number of anilines is 2. The van der Waals surface area contributed by atoms with Crippen molar-refractivity contribution < 1.29 is 4.79 Å². The number of hydrogen-bond acceptors (Lipinski definition) is 3. The highest BCUT2D eigenvalue weighted by Crippen LogP contribution is 2.41. The number of amides is 1. The Balaban J connectivity index is 2.19. The highest BCUT2D eigenvalue weighted by Gasteiger charge is 2.30. The zero-order valence-corrected chi connectivity index (χ0v) is 13.3. The van der Waals surface area contributed by atoms with E-state index >= 15 is 0 Å². The second-order valence-corrected chi connectivity index (χ2v) is 6.19. The van der Waals surface area contributed by atoms with Crippen LogP contribution in [0.3, 0.4) is 0 Å². The van der Waals surface area contributed by atoms with E-state index in [2.05, 4.69) is 31.0 Å². The van der Waals surface area contributed by atoms with Gasteiger partial charge in [0.25, 0.3) is 0 Å². The summed E-state index contributed by atoms with van der Waals surface area (Å²) in [5.41, 5.74) is 4.22. The molecule has 4 nitrogen and oxygen atoms in total. The Morgan fingerprint density at radius 3 is 2.52 bits per heavy atom. The molecule has 1 atom stereocenters. The van der Waals surface area contributed by atoms with Gasteiger partial charge in [0.05, 0.1) is 0 Å². The van der Waals surface area contributed by atoms with E-state index in [1.165, 1.54) is 29.5 Å². The van der Waals surface area contributed by atoms with Crippen molar-refractivity contribution in [1.29, 1.82) is 0 Å². The molecule has 0 aromatic carbocycles. The molecule has 0 saturated heterocycles. The van der Waals surface area contributed by atoms with Gasteiger partial charge in [-0.1, -0.05) is 6.92 Å². The van der Waals surface area contributed by atoms with Crippen LogP contribution in [0, 0.1) is 0 Å². The fraction of sp³-hybridized carbons (Fsp3) is 0.647. The van der Waals surface area contributed by atoms with E-state index in [-0.39, 0.29) is 5.91 Å². The number of rotatable bonds is 3. The van der Waals surface area contributed by atoms with Gasteiger partial charge in [-0.25, -0.2) is 4.98 Å². The minimum absolute atomic E-state index is 0.101. The lowest BCUT2D eigenvalue weighted by Crippen LogP contribution is -2.30. The lowest BCUT2D eigenvalue weighted by atomic mass is 9.82. The molecule has 1 unspecified atom stereocenters. The van der Waals surface area contributed by atoms with Crippen molar-refractivity contribution in [3.05, 3.63) is 16.7 Å². The molecular formula is C17H25N3O. The molecule has 0 saturated carbocycles. The summed E-state index contributed by atoms with van der Waals surface area (Å²) >= 11 is 0. The van der Waals surface area contributed by atoms with Crippen molar-refractivity contribution in [2.45, 2.75) is 58.8 Å². The monoisotopic (exact) mass is 287 g/mol. The minimum atomic E-state index is 0.101. The predicted octanol–water partition coefficient (Wildman–Crippen LogP) is 3.25. The van der Waals surface area contributed by atoms with Crippen LogP contribution in [0.25, 0.3) is 0 Å². The molecule has 0 spiro atoms. The smallest absolute Gasteiger partial charge is 0.226 e. The van der Waals surface area contributed by atoms with Gasteiger partial charge in [0.2, 0.25) is 5.91 Å². The summed E-state index contributed by atoms with van der Waals surface area (Å²) in [5, 5.41) is 3.01. The number of carbonyl (C=O) groups excluding carboxylic acids is 1. The molecule has 2 aliphatic rings. The van der Waals surface area contributed by atoms with Crippen LogP contribution < -0.4 is 10.2 Å². The number of pyridine rings is 1. The van der Waals surface area contributed by atoms with Gasteiger partial charge < -0.3 is 10.2 Å². The molecule has 0 bridgehead atoms. The molecule has 1 aromatic heterocycles. The van der Waals surface area contributed by atoms with E-state index in [0.29, 0.717) is 12.3 Å². The Hall–Kier alpha value is -1.58. The molecule has 1 aliphatic carbocycles. The molecule has 2 heterocycles. The number of nitrogens with zero attached hydrogens (tertiary/aromatic N) is 2. The standard InChI is InChI=1S/C17H25N3O/c1-4-20(5-2)17-13-9-7-6-8-12(13)15-11(3)10-14(21)18-16(15)19-17/h11H,4-10H2,1-3H3,(H,18,19,21). The molecule has 0 radical (unpaired) electrons. The molecular weight excluding hydrogens is 262 g/mol. The average molecular weight is 287 g/mol. The van der Waals surface area contributed by atoms with Gasteiger partial charge in [-0.3, -0.25) is 4.79 Å². The summed E-state index contributed by atoms with van der Waals surface area (Å²) in [5.74, 6) is 2.31. The lowest BCUT2D eigenvalue weighted by molar-refractivity contribution is -0.116. The topological polar surface area (TPSA) is 45.2 Å². The number of hydrogen-bond donors (Lipinski definition) is 1. The Kier molecular flexibility index (Phi) is 3.87. The Morgan fingerprint density at radius 2 is 1.86 bits per heavy atom. The average Bonchev–Trinajstić information content (AvgIpc) is 2.47. The molecule has 3 rings (SSSR count). The SMILES string of the molecule is CCN(CC)c1nc2c(c3c1CCCC3)C(C)CC(=O)N2. The van der Waals surface area contributed by atoms with Crippen molar-refractivity contribution in [2.75, 3.05) is 23.3 Å². The zero-order chi connectivity index (χ0) is 15.0. The first-order valence-corrected chi connectivity index (χ1v) is 8.26. The molecule has 21 heavy (non-hydrogen) atoms. The first kappa shape index (κ1) is 14.4. The van der Waals surface area contributed by atoms with E-state index in [1.54, 1.807) is 0 Å². The third-order valence-electron chi connectivity index (χ3n) is 4.84. The van der Waals surface area contributed by atoms with E-state index < -0.39 is 0 Å². The van der Waals surface area contributed by atoms with Crippen molar-refractivity contribution in [2.24, 2.45) is 0 Å². The molecule has 1 aliphatic heterocycles. The van der Waals surface area contributed by atoms with Gasteiger partial charge in [-0.15, -0.1) is 0 Å². The van der Waals surface area contributed by atoms with Crippen LogP contribution in [0.5, 0.6) is 0 Å². The fourth-order valence-corrected chi connectivity index (χ4v) is 3.80.